The lowest BCUT2D eigenvalue weighted by Crippen LogP contribution is -2.46. The molecule has 0 radical (unpaired) electrons. The van der Waals surface area contributed by atoms with E-state index >= 15 is 0 Å². The van der Waals surface area contributed by atoms with Crippen molar-refractivity contribution in [3.05, 3.63) is 72.9 Å². The Morgan fingerprint density at radius 1 is 0.470 bits per heavy atom. The molecule has 0 aliphatic heterocycles. The Morgan fingerprint density at radius 3 is 1.36 bits per heavy atom. The molecule has 3 N–H and O–H groups in total. The predicted octanol–water partition coefficient (Wildman–Crippen LogP) is 17.3. The number of esters is 1. The summed E-state index contributed by atoms with van der Waals surface area (Å²) in [7, 11) is 0. The number of aliphatic hydroxyl groups is 2. The number of allylic oxidation sites excluding steroid dienone is 12. The lowest BCUT2D eigenvalue weighted by atomic mass is 10.0. The molecule has 0 saturated carbocycles. The van der Waals surface area contributed by atoms with E-state index in [0.717, 1.165) is 109 Å². The number of hydrogen-bond acceptors (Lipinski definition) is 5. The van der Waals surface area contributed by atoms with Gasteiger partial charge in [0.15, 0.2) is 0 Å². The average Bonchev–Trinajstić information content (AvgIpc) is 3.31. The van der Waals surface area contributed by atoms with Gasteiger partial charge in [-0.1, -0.05) is 248 Å². The molecule has 6 heteroatoms. The van der Waals surface area contributed by atoms with Crippen LogP contribution in [0.5, 0.6) is 0 Å². The first kappa shape index (κ1) is 63.3. The SMILES string of the molecule is CC/C=C/C/C=C/C/C=C/CCCCCCC(CC(=O)NC(CO)C(O)CCCCCCCCCCCCCCCCC)OC(=O)CCCCCCC/C=C/C=C/C=C/CCCCCCC. The fraction of sp³-hybridized carbons (Fsp3) is 0.767. The smallest absolute Gasteiger partial charge is 0.306 e. The molecule has 3 atom stereocenters. The van der Waals surface area contributed by atoms with E-state index in [0.29, 0.717) is 19.3 Å². The van der Waals surface area contributed by atoms with E-state index in [2.05, 4.69) is 99.0 Å². The molecule has 0 aromatic heterocycles. The normalized spacial score (nSPS) is 13.7. The van der Waals surface area contributed by atoms with Gasteiger partial charge >= 0.3 is 5.97 Å². The molecule has 0 aliphatic rings. The minimum absolute atomic E-state index is 0.0521. The van der Waals surface area contributed by atoms with Gasteiger partial charge in [0.05, 0.1) is 25.2 Å². The van der Waals surface area contributed by atoms with E-state index in [-0.39, 0.29) is 24.9 Å². The Balaban J connectivity index is 4.62. The van der Waals surface area contributed by atoms with Crippen molar-refractivity contribution < 1.29 is 24.5 Å². The highest BCUT2D eigenvalue weighted by Gasteiger charge is 2.24. The summed E-state index contributed by atoms with van der Waals surface area (Å²) in [5.74, 6) is -0.516. The largest absolute Gasteiger partial charge is 0.462 e. The number of amides is 1. The summed E-state index contributed by atoms with van der Waals surface area (Å²) >= 11 is 0. The van der Waals surface area contributed by atoms with Crippen LogP contribution in [0, 0.1) is 0 Å². The summed E-state index contributed by atoms with van der Waals surface area (Å²) in [6, 6.07) is -0.717. The highest BCUT2D eigenvalue weighted by Crippen LogP contribution is 2.18. The van der Waals surface area contributed by atoms with Gasteiger partial charge in [-0.3, -0.25) is 9.59 Å². The van der Waals surface area contributed by atoms with Gasteiger partial charge in [0.1, 0.15) is 6.10 Å². The molecule has 0 rings (SSSR count). The Bertz CT molecular complexity index is 1220. The van der Waals surface area contributed by atoms with Gasteiger partial charge in [-0.05, 0) is 83.5 Å². The van der Waals surface area contributed by atoms with E-state index in [1.165, 1.54) is 116 Å². The second-order valence-electron chi connectivity index (χ2n) is 19.0. The predicted molar refractivity (Wildman–Crippen MR) is 287 cm³/mol. The van der Waals surface area contributed by atoms with Crippen LogP contribution in [0.15, 0.2) is 72.9 Å². The Labute approximate surface area is 409 Å². The van der Waals surface area contributed by atoms with Gasteiger partial charge in [-0.25, -0.2) is 0 Å². The van der Waals surface area contributed by atoms with Crippen LogP contribution in [0.2, 0.25) is 0 Å². The van der Waals surface area contributed by atoms with E-state index in [1.807, 2.05) is 0 Å². The number of nitrogens with one attached hydrogen (secondary N) is 1. The van der Waals surface area contributed by atoms with Crippen molar-refractivity contribution in [2.75, 3.05) is 6.61 Å². The third-order valence-electron chi connectivity index (χ3n) is 12.6. The van der Waals surface area contributed by atoms with Crippen LogP contribution in [-0.4, -0.2) is 46.9 Å². The van der Waals surface area contributed by atoms with Crippen molar-refractivity contribution in [2.45, 2.75) is 289 Å². The van der Waals surface area contributed by atoms with Crippen LogP contribution in [-0.2, 0) is 14.3 Å². The van der Waals surface area contributed by atoms with E-state index < -0.39 is 18.2 Å². The van der Waals surface area contributed by atoms with E-state index in [9.17, 15) is 19.8 Å². The zero-order valence-corrected chi connectivity index (χ0v) is 43.6. The van der Waals surface area contributed by atoms with E-state index in [1.54, 1.807) is 0 Å². The molecule has 0 spiro atoms. The summed E-state index contributed by atoms with van der Waals surface area (Å²) in [5.41, 5.74) is 0. The number of rotatable bonds is 50. The molecular formula is C60H107NO5. The standard InChI is InChI=1S/C60H107NO5/c1-4-7-10-13-16-19-22-25-28-29-30-32-35-38-41-44-47-50-53-60(65)66-56(51-48-45-42-39-36-33-27-24-21-18-15-12-9-6-3)54-59(64)61-57(55-62)58(63)52-49-46-43-40-37-34-31-26-23-20-17-14-11-8-5-2/h9,12,18,21-22,25,27-30,32-33,56-58,62-63H,4-8,10-11,13-17,19-20,23-24,26,31,34-55H2,1-3H3,(H,61,64)/b12-9+,21-18+,25-22+,29-28+,32-30+,33-27+. The van der Waals surface area contributed by atoms with Gasteiger partial charge in [-0.15, -0.1) is 0 Å². The maximum atomic E-state index is 13.3. The minimum Gasteiger partial charge on any atom is -0.462 e. The Hall–Kier alpha value is -2.70. The van der Waals surface area contributed by atoms with Gasteiger partial charge in [0.25, 0.3) is 0 Å². The minimum atomic E-state index is -0.801. The second-order valence-corrected chi connectivity index (χ2v) is 19.0. The topological polar surface area (TPSA) is 95.9 Å². The number of hydrogen-bond donors (Lipinski definition) is 3. The maximum absolute atomic E-state index is 13.3. The van der Waals surface area contributed by atoms with E-state index in [4.69, 9.17) is 4.74 Å². The maximum Gasteiger partial charge on any atom is 0.306 e. The summed E-state index contributed by atoms with van der Waals surface area (Å²) in [5, 5.41) is 23.9. The highest BCUT2D eigenvalue weighted by molar-refractivity contribution is 5.77. The first-order chi connectivity index (χ1) is 32.5. The third-order valence-corrected chi connectivity index (χ3v) is 12.6. The van der Waals surface area contributed by atoms with Crippen molar-refractivity contribution in [1.82, 2.24) is 5.32 Å². The molecule has 0 fully saturated rings. The lowest BCUT2D eigenvalue weighted by molar-refractivity contribution is -0.151. The summed E-state index contributed by atoms with van der Waals surface area (Å²) < 4.78 is 5.94. The number of ether oxygens (including phenoxy) is 1. The monoisotopic (exact) mass is 922 g/mol. The first-order valence-corrected chi connectivity index (χ1v) is 28.2. The molecule has 0 bridgehead atoms. The number of aliphatic hydroxyl groups excluding tert-OH is 2. The molecule has 0 saturated heterocycles. The van der Waals surface area contributed by atoms with Crippen molar-refractivity contribution in [1.29, 1.82) is 0 Å². The molecule has 1 amide bonds. The Kier molecular flexibility index (Phi) is 51.1. The third kappa shape index (κ3) is 47.8. The molecule has 0 aliphatic carbocycles. The molecule has 66 heavy (non-hydrogen) atoms. The summed E-state index contributed by atoms with van der Waals surface area (Å²) in [6.07, 6.45) is 68.2. The van der Waals surface area contributed by atoms with Crippen LogP contribution in [0.3, 0.4) is 0 Å². The van der Waals surface area contributed by atoms with Crippen LogP contribution in [0.1, 0.15) is 271 Å². The van der Waals surface area contributed by atoms with Gasteiger partial charge in [0, 0.05) is 6.42 Å². The quantitative estimate of drug-likeness (QED) is 0.0244. The van der Waals surface area contributed by atoms with Crippen molar-refractivity contribution >= 4 is 11.9 Å². The first-order valence-electron chi connectivity index (χ1n) is 28.2. The van der Waals surface area contributed by atoms with Crippen molar-refractivity contribution in [2.24, 2.45) is 0 Å². The average molecular weight is 923 g/mol. The molecule has 0 aromatic carbocycles. The van der Waals surface area contributed by atoms with Crippen molar-refractivity contribution in [3.8, 4) is 0 Å². The second kappa shape index (κ2) is 53.3. The van der Waals surface area contributed by atoms with Crippen molar-refractivity contribution in [3.63, 3.8) is 0 Å². The Morgan fingerprint density at radius 2 is 0.879 bits per heavy atom. The lowest BCUT2D eigenvalue weighted by Gasteiger charge is -2.24. The molecular weight excluding hydrogens is 815 g/mol. The summed E-state index contributed by atoms with van der Waals surface area (Å²) in [6.45, 7) is 6.36. The molecule has 0 aromatic rings. The van der Waals surface area contributed by atoms with Crippen LogP contribution in [0.25, 0.3) is 0 Å². The number of carbonyl (C=O) groups is 2. The number of unbranched alkanes of at least 4 members (excludes halogenated alkanes) is 28. The van der Waals surface area contributed by atoms with Gasteiger partial charge in [0.2, 0.25) is 5.91 Å². The molecule has 3 unspecified atom stereocenters. The fourth-order valence-electron chi connectivity index (χ4n) is 8.33. The van der Waals surface area contributed by atoms with Crippen LogP contribution in [0.4, 0.5) is 0 Å². The van der Waals surface area contributed by atoms with Gasteiger partial charge < -0.3 is 20.3 Å². The van der Waals surface area contributed by atoms with Crippen LogP contribution >= 0.6 is 0 Å². The summed E-state index contributed by atoms with van der Waals surface area (Å²) in [4.78, 5) is 26.2. The molecule has 382 valence electrons. The fourth-order valence-corrected chi connectivity index (χ4v) is 8.33. The molecule has 6 nitrogen and oxygen atoms in total. The molecule has 0 heterocycles. The number of carbonyl (C=O) groups excluding carboxylic acids is 2. The zero-order chi connectivity index (χ0) is 48.1. The van der Waals surface area contributed by atoms with Gasteiger partial charge in [-0.2, -0.15) is 0 Å². The zero-order valence-electron chi connectivity index (χ0n) is 43.6. The highest BCUT2D eigenvalue weighted by atomic mass is 16.5. The van der Waals surface area contributed by atoms with Crippen LogP contribution < -0.4 is 5.32 Å².